The number of fused-ring (bicyclic) bond motifs is 2. The van der Waals surface area contributed by atoms with Crippen LogP contribution in [0.4, 0.5) is 11.6 Å². The molecule has 7 rings (SSSR count). The normalized spacial score (nSPS) is 18.7. The predicted molar refractivity (Wildman–Crippen MR) is 178 cm³/mol. The number of morpholine rings is 2. The first-order valence-corrected chi connectivity index (χ1v) is 18.6. The van der Waals surface area contributed by atoms with Crippen LogP contribution in [0.2, 0.25) is 10.6 Å². The largest absolute Gasteiger partial charge is 0.378 e. The van der Waals surface area contributed by atoms with Crippen molar-refractivity contribution >= 4 is 94.3 Å². The summed E-state index contributed by atoms with van der Waals surface area (Å²) in [5, 5.41) is 0.467. The Kier molecular flexibility index (Phi) is 10.3. The van der Waals surface area contributed by atoms with Crippen molar-refractivity contribution in [2.75, 3.05) is 94.8 Å². The molecule has 0 amide bonds. The molecular formula is C27H32Cl2N8O5S3. The molecule has 0 bridgehead atoms. The first kappa shape index (κ1) is 32.7. The lowest BCUT2D eigenvalue weighted by Crippen LogP contribution is -2.47. The number of hydrogen-bond donors (Lipinski definition) is 0. The summed E-state index contributed by atoms with van der Waals surface area (Å²) >= 11 is 15.2. The Morgan fingerprint density at radius 3 is 1.80 bits per heavy atom. The van der Waals surface area contributed by atoms with E-state index in [1.54, 1.807) is 17.4 Å². The molecule has 0 N–H and O–H groups in total. The van der Waals surface area contributed by atoms with Gasteiger partial charge in [-0.3, -0.25) is 9.69 Å². The Labute approximate surface area is 278 Å². The third-order valence-corrected chi connectivity index (χ3v) is 11.4. The van der Waals surface area contributed by atoms with Crippen LogP contribution in [-0.4, -0.2) is 129 Å². The van der Waals surface area contributed by atoms with Gasteiger partial charge in [0.25, 0.3) is 0 Å². The van der Waals surface area contributed by atoms with Crippen molar-refractivity contribution in [2.24, 2.45) is 0 Å². The Bertz CT molecular complexity index is 1770. The zero-order valence-corrected chi connectivity index (χ0v) is 28.5. The Balaban J connectivity index is 0.000000172. The highest BCUT2D eigenvalue weighted by Gasteiger charge is 2.25. The van der Waals surface area contributed by atoms with E-state index in [4.69, 9.17) is 32.7 Å². The monoisotopic (exact) mass is 714 g/mol. The third-order valence-electron chi connectivity index (χ3n) is 7.64. The van der Waals surface area contributed by atoms with Gasteiger partial charge >= 0.3 is 0 Å². The molecule has 0 aliphatic carbocycles. The van der Waals surface area contributed by atoms with Crippen molar-refractivity contribution < 1.29 is 22.7 Å². The molecule has 3 fully saturated rings. The number of ether oxygens (including phenoxy) is 2. The number of aromatic nitrogens is 4. The zero-order chi connectivity index (χ0) is 31.6. The molecule has 3 aliphatic heterocycles. The van der Waals surface area contributed by atoms with Crippen LogP contribution in [0.3, 0.4) is 0 Å². The summed E-state index contributed by atoms with van der Waals surface area (Å²) in [4.78, 5) is 36.6. The summed E-state index contributed by atoms with van der Waals surface area (Å²) in [6.07, 6.45) is 2.09. The summed E-state index contributed by atoms with van der Waals surface area (Å²) in [7, 11) is -3.10. The minimum Gasteiger partial charge on any atom is -0.378 e. The molecule has 3 saturated heterocycles. The lowest BCUT2D eigenvalue weighted by molar-refractivity contribution is 0.112. The number of aldehydes is 1. The maximum Gasteiger partial charge on any atom is 0.224 e. The summed E-state index contributed by atoms with van der Waals surface area (Å²) in [5.74, 6) is 1.68. The summed E-state index contributed by atoms with van der Waals surface area (Å²) < 4.78 is 37.6. The van der Waals surface area contributed by atoms with E-state index >= 15 is 0 Å². The molecule has 0 aromatic carbocycles. The molecule has 45 heavy (non-hydrogen) atoms. The first-order valence-electron chi connectivity index (χ1n) is 14.4. The van der Waals surface area contributed by atoms with Crippen LogP contribution in [0.15, 0.2) is 12.1 Å². The number of halogens is 2. The Hall–Kier alpha value is -2.28. The number of nitrogens with zero attached hydrogens (tertiary/aromatic N) is 8. The van der Waals surface area contributed by atoms with E-state index in [1.165, 1.54) is 26.8 Å². The fourth-order valence-corrected chi connectivity index (χ4v) is 8.65. The van der Waals surface area contributed by atoms with Crippen molar-refractivity contribution in [1.82, 2.24) is 29.1 Å². The standard InChI is InChI=1S/C16H22ClN5O3S2.C11H10ClN3O2S/c1-27(23,24)22-4-2-20(3-5-22)11-12-10-13-14(26-12)15(19-16(17)18-13)21-6-8-25-9-7-21;12-11-13-8-5-7(6-16)18-9(8)10(14-11)15-1-3-17-4-2-15/h10H,2-9,11H2,1H3;5-6H,1-4H2. The zero-order valence-electron chi connectivity index (χ0n) is 24.5. The van der Waals surface area contributed by atoms with Gasteiger partial charge in [0.15, 0.2) is 17.9 Å². The summed E-state index contributed by atoms with van der Waals surface area (Å²) in [6.45, 7) is 9.16. The van der Waals surface area contributed by atoms with Crippen molar-refractivity contribution in [2.45, 2.75) is 6.54 Å². The van der Waals surface area contributed by atoms with Gasteiger partial charge in [-0.1, -0.05) is 0 Å². The van der Waals surface area contributed by atoms with Crippen LogP contribution in [0.25, 0.3) is 20.4 Å². The van der Waals surface area contributed by atoms with Gasteiger partial charge in [0.1, 0.15) is 0 Å². The van der Waals surface area contributed by atoms with Gasteiger partial charge in [0.2, 0.25) is 20.6 Å². The maximum atomic E-state index is 11.7. The number of carbonyl (C=O) groups is 1. The smallest absolute Gasteiger partial charge is 0.224 e. The van der Waals surface area contributed by atoms with Gasteiger partial charge in [-0.15, -0.1) is 22.7 Å². The van der Waals surface area contributed by atoms with E-state index in [0.717, 1.165) is 84.2 Å². The number of sulfonamides is 1. The second kappa shape index (κ2) is 14.2. The highest BCUT2D eigenvalue weighted by molar-refractivity contribution is 7.88. The van der Waals surface area contributed by atoms with Gasteiger partial charge in [-0.25, -0.2) is 18.4 Å². The fourth-order valence-electron chi connectivity index (χ4n) is 5.40. The van der Waals surface area contributed by atoms with E-state index in [2.05, 4.69) is 40.7 Å². The first-order chi connectivity index (χ1) is 21.7. The predicted octanol–water partition coefficient (Wildman–Crippen LogP) is 3.25. The molecule has 0 radical (unpaired) electrons. The van der Waals surface area contributed by atoms with E-state index < -0.39 is 10.0 Å². The van der Waals surface area contributed by atoms with Crippen LogP contribution < -0.4 is 9.80 Å². The number of thiophene rings is 2. The van der Waals surface area contributed by atoms with Gasteiger partial charge in [0, 0.05) is 63.8 Å². The maximum absolute atomic E-state index is 11.7. The highest BCUT2D eigenvalue weighted by Crippen LogP contribution is 2.35. The number of piperazine rings is 1. The molecular weight excluding hydrogens is 683 g/mol. The van der Waals surface area contributed by atoms with Crippen LogP contribution in [0.1, 0.15) is 14.5 Å². The number of anilines is 2. The number of rotatable bonds is 6. The second-order valence-electron chi connectivity index (χ2n) is 10.7. The molecule has 13 nitrogen and oxygen atoms in total. The van der Waals surface area contributed by atoms with Gasteiger partial charge in [-0.2, -0.15) is 14.3 Å². The quantitative estimate of drug-likeness (QED) is 0.214. The van der Waals surface area contributed by atoms with Gasteiger partial charge in [-0.05, 0) is 35.3 Å². The Morgan fingerprint density at radius 1 is 0.778 bits per heavy atom. The van der Waals surface area contributed by atoms with Crippen molar-refractivity contribution in [1.29, 1.82) is 0 Å². The average Bonchev–Trinajstić information content (AvgIpc) is 3.64. The van der Waals surface area contributed by atoms with Crippen LogP contribution in [0.5, 0.6) is 0 Å². The molecule has 7 heterocycles. The molecule has 0 spiro atoms. The van der Waals surface area contributed by atoms with E-state index in [9.17, 15) is 13.2 Å². The average molecular weight is 716 g/mol. The lowest BCUT2D eigenvalue weighted by Gasteiger charge is -2.32. The molecule has 242 valence electrons. The van der Waals surface area contributed by atoms with Gasteiger partial charge < -0.3 is 19.3 Å². The highest BCUT2D eigenvalue weighted by atomic mass is 35.5. The molecule has 4 aromatic heterocycles. The molecule has 4 aromatic rings. The van der Waals surface area contributed by atoms with Crippen molar-refractivity contribution in [3.8, 4) is 0 Å². The minimum absolute atomic E-state index is 0.208. The van der Waals surface area contributed by atoms with E-state index in [1.807, 2.05) is 0 Å². The second-order valence-corrected chi connectivity index (χ2v) is 15.6. The molecule has 0 atom stereocenters. The Morgan fingerprint density at radius 2 is 1.29 bits per heavy atom. The molecule has 3 aliphatic rings. The van der Waals surface area contributed by atoms with E-state index in [0.29, 0.717) is 44.4 Å². The minimum atomic E-state index is -3.10. The molecule has 0 unspecified atom stereocenters. The number of carbonyl (C=O) groups excluding carboxylic acids is 1. The summed E-state index contributed by atoms with van der Waals surface area (Å²) in [5.41, 5.74) is 1.59. The van der Waals surface area contributed by atoms with Crippen LogP contribution >= 0.6 is 45.9 Å². The van der Waals surface area contributed by atoms with Gasteiger partial charge in [0.05, 0.1) is 58.0 Å². The lowest BCUT2D eigenvalue weighted by atomic mass is 10.3. The van der Waals surface area contributed by atoms with E-state index in [-0.39, 0.29) is 10.6 Å². The third kappa shape index (κ3) is 7.82. The summed E-state index contributed by atoms with van der Waals surface area (Å²) in [6, 6.07) is 3.81. The SMILES string of the molecule is CS(=O)(=O)N1CCN(Cc2cc3nc(Cl)nc(N4CCOCC4)c3s2)CC1.O=Cc1cc2nc(Cl)nc(N3CCOCC3)c2s1. The molecule has 18 heteroatoms. The van der Waals surface area contributed by atoms with Crippen molar-refractivity contribution in [3.63, 3.8) is 0 Å². The topological polar surface area (TPSA) is 134 Å². The van der Waals surface area contributed by atoms with Crippen LogP contribution in [-0.2, 0) is 26.0 Å². The fraction of sp³-hybridized carbons (Fsp3) is 0.519. The van der Waals surface area contributed by atoms with Crippen molar-refractivity contribution in [3.05, 3.63) is 32.5 Å². The molecule has 0 saturated carbocycles. The van der Waals surface area contributed by atoms with Crippen LogP contribution in [0, 0.1) is 0 Å². The number of hydrogen-bond acceptors (Lipinski definition) is 14.